The molecule has 2 fully saturated rings. The van der Waals surface area contributed by atoms with Crippen LogP contribution in [0.3, 0.4) is 0 Å². The van der Waals surface area contributed by atoms with Gasteiger partial charge in [-0.15, -0.1) is 0 Å². The first-order valence-corrected chi connectivity index (χ1v) is 7.98. The van der Waals surface area contributed by atoms with Gasteiger partial charge in [-0.25, -0.2) is 4.98 Å². The van der Waals surface area contributed by atoms with E-state index in [1.165, 1.54) is 43.6 Å². The number of hydrogen-bond donors (Lipinski definition) is 1. The summed E-state index contributed by atoms with van der Waals surface area (Å²) in [6, 6.07) is 5.16. The summed E-state index contributed by atoms with van der Waals surface area (Å²) >= 11 is 0. The molecule has 0 atom stereocenters. The summed E-state index contributed by atoms with van der Waals surface area (Å²) in [6.45, 7) is 8.75. The van der Waals surface area contributed by atoms with Crippen molar-refractivity contribution in [3.05, 3.63) is 23.9 Å². The first kappa shape index (κ1) is 13.9. The maximum absolute atomic E-state index is 4.62. The van der Waals surface area contributed by atoms with E-state index in [0.29, 0.717) is 0 Å². The minimum atomic E-state index is 0.160. The SMILES string of the molecule is CC(C)(C)NCc1ccnc(N(CC2CC2)C2CC2)c1. The van der Waals surface area contributed by atoms with Crippen molar-refractivity contribution in [2.45, 2.75) is 64.6 Å². The first-order chi connectivity index (χ1) is 9.51. The number of rotatable bonds is 6. The molecule has 0 radical (unpaired) electrons. The number of hydrogen-bond acceptors (Lipinski definition) is 3. The van der Waals surface area contributed by atoms with E-state index in [9.17, 15) is 0 Å². The van der Waals surface area contributed by atoms with Crippen LogP contribution in [-0.2, 0) is 6.54 Å². The molecule has 0 unspecified atom stereocenters. The third kappa shape index (κ3) is 3.95. The van der Waals surface area contributed by atoms with Gasteiger partial charge in [0.1, 0.15) is 5.82 Å². The lowest BCUT2D eigenvalue weighted by Gasteiger charge is -2.25. The zero-order chi connectivity index (χ0) is 14.2. The van der Waals surface area contributed by atoms with E-state index in [-0.39, 0.29) is 5.54 Å². The smallest absolute Gasteiger partial charge is 0.129 e. The van der Waals surface area contributed by atoms with E-state index in [0.717, 1.165) is 18.5 Å². The van der Waals surface area contributed by atoms with Crippen molar-refractivity contribution in [3.63, 3.8) is 0 Å². The predicted octanol–water partition coefficient (Wildman–Crippen LogP) is 3.35. The van der Waals surface area contributed by atoms with Crippen molar-refractivity contribution in [2.24, 2.45) is 5.92 Å². The van der Waals surface area contributed by atoms with Crippen LogP contribution in [-0.4, -0.2) is 23.1 Å². The fourth-order valence-electron chi connectivity index (χ4n) is 2.49. The van der Waals surface area contributed by atoms with Gasteiger partial charge in [0.15, 0.2) is 0 Å². The number of aromatic nitrogens is 1. The Labute approximate surface area is 122 Å². The van der Waals surface area contributed by atoms with E-state index < -0.39 is 0 Å². The second kappa shape index (κ2) is 5.36. The van der Waals surface area contributed by atoms with E-state index >= 15 is 0 Å². The maximum atomic E-state index is 4.62. The van der Waals surface area contributed by atoms with Crippen LogP contribution in [0, 0.1) is 5.92 Å². The average molecular weight is 273 g/mol. The Balaban J connectivity index is 1.68. The molecule has 2 saturated carbocycles. The highest BCUT2D eigenvalue weighted by Crippen LogP contribution is 2.37. The Bertz CT molecular complexity index is 456. The minimum Gasteiger partial charge on any atom is -0.353 e. The van der Waals surface area contributed by atoms with E-state index in [2.05, 4.69) is 48.1 Å². The zero-order valence-corrected chi connectivity index (χ0v) is 13.0. The highest BCUT2D eigenvalue weighted by molar-refractivity contribution is 5.44. The van der Waals surface area contributed by atoms with Crippen LogP contribution >= 0.6 is 0 Å². The molecule has 2 aliphatic rings. The molecule has 0 spiro atoms. The van der Waals surface area contributed by atoms with Gasteiger partial charge < -0.3 is 10.2 Å². The molecule has 0 amide bonds. The fraction of sp³-hybridized carbons (Fsp3) is 0.706. The molecule has 0 aromatic carbocycles. The van der Waals surface area contributed by atoms with Crippen molar-refractivity contribution in [3.8, 4) is 0 Å². The van der Waals surface area contributed by atoms with Crippen LogP contribution in [0.1, 0.15) is 52.0 Å². The molecule has 0 bridgehead atoms. The number of nitrogens with zero attached hydrogens (tertiary/aromatic N) is 2. The van der Waals surface area contributed by atoms with Crippen molar-refractivity contribution in [2.75, 3.05) is 11.4 Å². The van der Waals surface area contributed by atoms with Gasteiger partial charge in [-0.05, 0) is 70.1 Å². The quantitative estimate of drug-likeness (QED) is 0.861. The summed E-state index contributed by atoms with van der Waals surface area (Å²) in [6.07, 6.45) is 7.48. The molecule has 1 aromatic heterocycles. The molecule has 0 aliphatic heterocycles. The fourth-order valence-corrected chi connectivity index (χ4v) is 2.49. The third-order valence-corrected chi connectivity index (χ3v) is 4.07. The van der Waals surface area contributed by atoms with Crippen LogP contribution in [0.4, 0.5) is 5.82 Å². The Morgan fingerprint density at radius 1 is 1.25 bits per heavy atom. The lowest BCUT2D eigenvalue weighted by atomic mass is 10.1. The third-order valence-electron chi connectivity index (χ3n) is 4.07. The second-order valence-corrected chi connectivity index (χ2v) is 7.45. The lowest BCUT2D eigenvalue weighted by molar-refractivity contribution is 0.424. The van der Waals surface area contributed by atoms with Crippen LogP contribution in [0.5, 0.6) is 0 Å². The monoisotopic (exact) mass is 273 g/mol. The van der Waals surface area contributed by atoms with Crippen molar-refractivity contribution >= 4 is 5.82 Å². The van der Waals surface area contributed by atoms with Crippen LogP contribution in [0.25, 0.3) is 0 Å². The number of nitrogens with one attached hydrogen (secondary N) is 1. The van der Waals surface area contributed by atoms with Gasteiger partial charge in [-0.3, -0.25) is 0 Å². The maximum Gasteiger partial charge on any atom is 0.129 e. The van der Waals surface area contributed by atoms with Gasteiger partial charge in [-0.2, -0.15) is 0 Å². The molecule has 2 aliphatic carbocycles. The molecule has 20 heavy (non-hydrogen) atoms. The van der Waals surface area contributed by atoms with Gasteiger partial charge >= 0.3 is 0 Å². The van der Waals surface area contributed by atoms with Gasteiger partial charge in [0.2, 0.25) is 0 Å². The highest BCUT2D eigenvalue weighted by atomic mass is 15.2. The van der Waals surface area contributed by atoms with Crippen molar-refractivity contribution < 1.29 is 0 Å². The lowest BCUT2D eigenvalue weighted by Crippen LogP contribution is -2.35. The van der Waals surface area contributed by atoms with E-state index in [4.69, 9.17) is 0 Å². The zero-order valence-electron chi connectivity index (χ0n) is 13.0. The molecule has 3 rings (SSSR count). The minimum absolute atomic E-state index is 0.160. The Morgan fingerprint density at radius 2 is 2.00 bits per heavy atom. The van der Waals surface area contributed by atoms with Crippen molar-refractivity contribution in [1.82, 2.24) is 10.3 Å². The van der Waals surface area contributed by atoms with Gasteiger partial charge in [-0.1, -0.05) is 0 Å². The topological polar surface area (TPSA) is 28.2 Å². The number of anilines is 1. The first-order valence-electron chi connectivity index (χ1n) is 7.98. The molecule has 3 nitrogen and oxygen atoms in total. The summed E-state index contributed by atoms with van der Waals surface area (Å²) < 4.78 is 0. The normalized spacial score (nSPS) is 19.1. The summed E-state index contributed by atoms with van der Waals surface area (Å²) in [4.78, 5) is 7.18. The Kier molecular flexibility index (Phi) is 3.72. The average Bonchev–Trinajstić information content (AvgIpc) is 3.25. The molecule has 110 valence electrons. The Hall–Kier alpha value is -1.09. The molecule has 1 heterocycles. The van der Waals surface area contributed by atoms with Crippen LogP contribution in [0.15, 0.2) is 18.3 Å². The summed E-state index contributed by atoms with van der Waals surface area (Å²) in [7, 11) is 0. The molecule has 1 N–H and O–H groups in total. The highest BCUT2D eigenvalue weighted by Gasteiger charge is 2.34. The molecular formula is C17H27N3. The van der Waals surface area contributed by atoms with Gasteiger partial charge in [0.25, 0.3) is 0 Å². The van der Waals surface area contributed by atoms with Gasteiger partial charge in [0.05, 0.1) is 0 Å². The molecule has 3 heteroatoms. The van der Waals surface area contributed by atoms with Crippen molar-refractivity contribution in [1.29, 1.82) is 0 Å². The number of pyridine rings is 1. The summed E-state index contributed by atoms with van der Waals surface area (Å²) in [5, 5.41) is 3.56. The van der Waals surface area contributed by atoms with E-state index in [1.54, 1.807) is 0 Å². The summed E-state index contributed by atoms with van der Waals surface area (Å²) in [5.74, 6) is 2.11. The molecular weight excluding hydrogens is 246 g/mol. The Morgan fingerprint density at radius 3 is 2.60 bits per heavy atom. The molecule has 0 saturated heterocycles. The van der Waals surface area contributed by atoms with E-state index in [1.807, 2.05) is 6.20 Å². The predicted molar refractivity (Wildman–Crippen MR) is 83.9 cm³/mol. The molecule has 1 aromatic rings. The standard InChI is InChI=1S/C17H27N3/c1-17(2,3)19-11-14-8-9-18-16(10-14)20(15-6-7-15)12-13-4-5-13/h8-10,13,15,19H,4-7,11-12H2,1-3H3. The van der Waals surface area contributed by atoms with Crippen LogP contribution in [0.2, 0.25) is 0 Å². The second-order valence-electron chi connectivity index (χ2n) is 7.45. The van der Waals surface area contributed by atoms with Gasteiger partial charge in [0, 0.05) is 30.9 Å². The summed E-state index contributed by atoms with van der Waals surface area (Å²) in [5.41, 5.74) is 1.50. The largest absolute Gasteiger partial charge is 0.353 e. The van der Waals surface area contributed by atoms with Crippen LogP contribution < -0.4 is 10.2 Å².